The molecule has 1 fully saturated rings. The molecule has 0 radical (unpaired) electrons. The third kappa shape index (κ3) is 5.84. The molecule has 1 saturated carbocycles. The Kier molecular flexibility index (Phi) is 6.86. The number of nitrogens with zero attached hydrogens (tertiary/aromatic N) is 1. The molecule has 5 nitrogen and oxygen atoms in total. The van der Waals surface area contributed by atoms with E-state index in [1.165, 1.54) is 0 Å². The maximum Gasteiger partial charge on any atom is 0.315 e. The maximum atomic E-state index is 12.2. The van der Waals surface area contributed by atoms with Gasteiger partial charge in [0.15, 0.2) is 0 Å². The van der Waals surface area contributed by atoms with Crippen molar-refractivity contribution in [1.29, 1.82) is 0 Å². The highest BCUT2D eigenvalue weighted by Gasteiger charge is 2.23. The SMILES string of the molecule is CN(C)CC1CCC(NC(=O)N[C@H](CO)c2ccccc2)CC1. The number of hydrogen-bond acceptors (Lipinski definition) is 3. The lowest BCUT2D eigenvalue weighted by Gasteiger charge is -2.31. The normalized spacial score (nSPS) is 22.6. The molecule has 0 aromatic heterocycles. The maximum absolute atomic E-state index is 12.2. The molecule has 1 atom stereocenters. The van der Waals surface area contributed by atoms with Crippen molar-refractivity contribution >= 4 is 6.03 Å². The highest BCUT2D eigenvalue weighted by Crippen LogP contribution is 2.24. The molecule has 3 N–H and O–H groups in total. The molecule has 1 aromatic carbocycles. The van der Waals surface area contributed by atoms with E-state index < -0.39 is 0 Å². The molecule has 0 saturated heterocycles. The zero-order valence-corrected chi connectivity index (χ0v) is 14.2. The molecule has 1 aromatic rings. The average molecular weight is 319 g/mol. The third-order valence-electron chi connectivity index (χ3n) is 4.50. The Morgan fingerprint density at radius 2 is 1.87 bits per heavy atom. The molecule has 0 aliphatic heterocycles. The van der Waals surface area contributed by atoms with Gasteiger partial charge in [-0.25, -0.2) is 4.79 Å². The summed E-state index contributed by atoms with van der Waals surface area (Å²) in [6.45, 7) is 1.02. The summed E-state index contributed by atoms with van der Waals surface area (Å²) in [4.78, 5) is 14.4. The first-order chi connectivity index (χ1) is 11.1. The molecule has 1 aliphatic carbocycles. The van der Waals surface area contributed by atoms with Crippen molar-refractivity contribution in [2.24, 2.45) is 5.92 Å². The molecule has 23 heavy (non-hydrogen) atoms. The van der Waals surface area contributed by atoms with Gasteiger partial charge in [0.1, 0.15) is 0 Å². The molecule has 2 amide bonds. The molecule has 1 aliphatic rings. The van der Waals surface area contributed by atoms with Crippen LogP contribution < -0.4 is 10.6 Å². The molecule has 0 unspecified atom stereocenters. The Bertz CT molecular complexity index is 470. The summed E-state index contributed by atoms with van der Waals surface area (Å²) in [5, 5.41) is 15.4. The van der Waals surface area contributed by atoms with Crippen molar-refractivity contribution in [1.82, 2.24) is 15.5 Å². The number of aliphatic hydroxyl groups excluding tert-OH is 1. The number of aliphatic hydroxyl groups is 1. The minimum absolute atomic E-state index is 0.104. The first-order valence-electron chi connectivity index (χ1n) is 8.46. The van der Waals surface area contributed by atoms with Crippen LogP contribution in [0.4, 0.5) is 4.79 Å². The number of benzene rings is 1. The molecule has 0 heterocycles. The first kappa shape index (κ1) is 17.8. The minimum atomic E-state index is -0.360. The Balaban J connectivity index is 1.77. The van der Waals surface area contributed by atoms with Crippen LogP contribution in [-0.4, -0.2) is 49.3 Å². The van der Waals surface area contributed by atoms with Crippen LogP contribution in [0.25, 0.3) is 0 Å². The summed E-state index contributed by atoms with van der Waals surface area (Å²) >= 11 is 0. The highest BCUT2D eigenvalue weighted by molar-refractivity contribution is 5.74. The molecule has 128 valence electrons. The van der Waals surface area contributed by atoms with E-state index in [-0.39, 0.29) is 24.7 Å². The van der Waals surface area contributed by atoms with Gasteiger partial charge in [0.25, 0.3) is 0 Å². The second-order valence-corrected chi connectivity index (χ2v) is 6.74. The number of carbonyl (C=O) groups excluding carboxylic acids is 1. The van der Waals surface area contributed by atoms with Gasteiger partial charge in [-0.2, -0.15) is 0 Å². The van der Waals surface area contributed by atoms with Crippen molar-refractivity contribution in [2.45, 2.75) is 37.8 Å². The van der Waals surface area contributed by atoms with E-state index in [2.05, 4.69) is 29.6 Å². The van der Waals surface area contributed by atoms with E-state index in [0.29, 0.717) is 0 Å². The summed E-state index contributed by atoms with van der Waals surface area (Å²) in [5.74, 6) is 0.737. The van der Waals surface area contributed by atoms with Crippen LogP contribution in [0.2, 0.25) is 0 Å². The predicted octanol–water partition coefficient (Wildman–Crippen LogP) is 2.14. The second kappa shape index (κ2) is 8.89. The van der Waals surface area contributed by atoms with Crippen molar-refractivity contribution in [3.05, 3.63) is 35.9 Å². The fraction of sp³-hybridized carbons (Fsp3) is 0.611. The van der Waals surface area contributed by atoms with Gasteiger partial charge in [0.05, 0.1) is 12.6 Å². The minimum Gasteiger partial charge on any atom is -0.394 e. The van der Waals surface area contributed by atoms with Crippen molar-refractivity contribution in [3.8, 4) is 0 Å². The standard InChI is InChI=1S/C18H29N3O2/c1-21(2)12-14-8-10-16(11-9-14)19-18(23)20-17(13-22)15-6-4-3-5-7-15/h3-7,14,16-17,22H,8-13H2,1-2H3,(H2,19,20,23)/t14?,16?,17-/m1/s1. The summed E-state index contributed by atoms with van der Waals surface area (Å²) in [6.07, 6.45) is 4.37. The fourth-order valence-corrected chi connectivity index (χ4v) is 3.31. The number of nitrogens with one attached hydrogen (secondary N) is 2. The number of carbonyl (C=O) groups is 1. The second-order valence-electron chi connectivity index (χ2n) is 6.74. The van der Waals surface area contributed by atoms with Crippen molar-refractivity contribution in [2.75, 3.05) is 27.2 Å². The van der Waals surface area contributed by atoms with E-state index in [0.717, 1.165) is 43.7 Å². The predicted molar refractivity (Wildman–Crippen MR) is 92.2 cm³/mol. The van der Waals surface area contributed by atoms with Crippen molar-refractivity contribution < 1.29 is 9.90 Å². The molecular weight excluding hydrogens is 290 g/mol. The van der Waals surface area contributed by atoms with E-state index in [4.69, 9.17) is 0 Å². The zero-order chi connectivity index (χ0) is 16.7. The third-order valence-corrected chi connectivity index (χ3v) is 4.50. The van der Waals surface area contributed by atoms with Crippen LogP contribution in [-0.2, 0) is 0 Å². The van der Waals surface area contributed by atoms with Crippen LogP contribution in [0.15, 0.2) is 30.3 Å². The summed E-state index contributed by atoms with van der Waals surface area (Å²) in [6, 6.07) is 9.24. The lowest BCUT2D eigenvalue weighted by molar-refractivity contribution is 0.202. The van der Waals surface area contributed by atoms with Gasteiger partial charge in [-0.05, 0) is 51.3 Å². The van der Waals surface area contributed by atoms with Crippen LogP contribution in [0.5, 0.6) is 0 Å². The smallest absolute Gasteiger partial charge is 0.315 e. The number of rotatable bonds is 6. The Morgan fingerprint density at radius 1 is 1.22 bits per heavy atom. The molecule has 0 spiro atoms. The van der Waals surface area contributed by atoms with Crippen molar-refractivity contribution in [3.63, 3.8) is 0 Å². The van der Waals surface area contributed by atoms with E-state index in [1.54, 1.807) is 0 Å². The fourth-order valence-electron chi connectivity index (χ4n) is 3.31. The Labute approximate surface area is 139 Å². The molecular formula is C18H29N3O2. The summed E-state index contributed by atoms with van der Waals surface area (Å²) in [7, 11) is 4.22. The van der Waals surface area contributed by atoms with Gasteiger partial charge in [0, 0.05) is 12.6 Å². The van der Waals surface area contributed by atoms with E-state index in [9.17, 15) is 9.90 Å². The van der Waals surface area contributed by atoms with Gasteiger partial charge in [0.2, 0.25) is 0 Å². The molecule has 2 rings (SSSR count). The molecule has 5 heteroatoms. The topological polar surface area (TPSA) is 64.6 Å². The Hall–Kier alpha value is -1.59. The van der Waals surface area contributed by atoms with E-state index in [1.807, 2.05) is 30.3 Å². The van der Waals surface area contributed by atoms with Gasteiger partial charge in [-0.15, -0.1) is 0 Å². The van der Waals surface area contributed by atoms with Crippen LogP contribution >= 0.6 is 0 Å². The average Bonchev–Trinajstić information content (AvgIpc) is 2.55. The van der Waals surface area contributed by atoms with Gasteiger partial charge < -0.3 is 20.6 Å². The lowest BCUT2D eigenvalue weighted by Crippen LogP contribution is -2.45. The lowest BCUT2D eigenvalue weighted by atomic mass is 9.86. The Morgan fingerprint density at radius 3 is 2.43 bits per heavy atom. The number of urea groups is 1. The largest absolute Gasteiger partial charge is 0.394 e. The van der Waals surface area contributed by atoms with Crippen LogP contribution in [0, 0.1) is 5.92 Å². The highest BCUT2D eigenvalue weighted by atomic mass is 16.3. The zero-order valence-electron chi connectivity index (χ0n) is 14.2. The van der Waals surface area contributed by atoms with Gasteiger partial charge >= 0.3 is 6.03 Å². The first-order valence-corrected chi connectivity index (χ1v) is 8.46. The number of hydrogen-bond donors (Lipinski definition) is 3. The van der Waals surface area contributed by atoms with Gasteiger partial charge in [-0.1, -0.05) is 30.3 Å². The van der Waals surface area contributed by atoms with E-state index >= 15 is 0 Å². The molecule has 0 bridgehead atoms. The monoisotopic (exact) mass is 319 g/mol. The number of amides is 2. The van der Waals surface area contributed by atoms with Gasteiger partial charge in [-0.3, -0.25) is 0 Å². The summed E-state index contributed by atoms with van der Waals surface area (Å²) in [5.41, 5.74) is 0.917. The quantitative estimate of drug-likeness (QED) is 0.753. The summed E-state index contributed by atoms with van der Waals surface area (Å²) < 4.78 is 0. The van der Waals surface area contributed by atoms with Crippen LogP contribution in [0.1, 0.15) is 37.3 Å². The van der Waals surface area contributed by atoms with Crippen LogP contribution in [0.3, 0.4) is 0 Å².